The number of carbonyl (C=O) groups excluding carboxylic acids is 1. The van der Waals surface area contributed by atoms with Crippen LogP contribution in [-0.2, 0) is 9.53 Å². The molecule has 1 aliphatic rings. The molecule has 10 heavy (non-hydrogen) atoms. The Morgan fingerprint density at radius 2 is 2.30 bits per heavy atom. The quantitative estimate of drug-likeness (QED) is 0.430. The molecule has 0 atom stereocenters. The van der Waals surface area contributed by atoms with Gasteiger partial charge in [-0.05, 0) is 25.3 Å². The van der Waals surface area contributed by atoms with Gasteiger partial charge in [-0.1, -0.05) is 6.58 Å². The Labute approximate surface area is 60.9 Å². The van der Waals surface area contributed by atoms with E-state index >= 15 is 0 Å². The smallest absolute Gasteiger partial charge is 0.303 e. The molecule has 0 heterocycles. The zero-order valence-corrected chi connectivity index (χ0v) is 6.22. The van der Waals surface area contributed by atoms with Crippen LogP contribution in [0.5, 0.6) is 0 Å². The summed E-state index contributed by atoms with van der Waals surface area (Å²) >= 11 is 0. The first-order valence-corrected chi connectivity index (χ1v) is 3.52. The Hall–Kier alpha value is -0.790. The fourth-order valence-electron chi connectivity index (χ4n) is 1.16. The molecule has 0 spiro atoms. The maximum Gasteiger partial charge on any atom is 0.303 e. The fraction of sp³-hybridized carbons (Fsp3) is 0.625. The third kappa shape index (κ3) is 1.20. The molecule has 1 fully saturated rings. The second-order valence-corrected chi connectivity index (χ2v) is 2.72. The van der Waals surface area contributed by atoms with Crippen LogP contribution < -0.4 is 0 Å². The van der Waals surface area contributed by atoms with Crippen molar-refractivity contribution in [2.75, 3.05) is 0 Å². The number of rotatable bonds is 2. The molecule has 0 saturated heterocycles. The van der Waals surface area contributed by atoms with Crippen molar-refractivity contribution < 1.29 is 9.53 Å². The average Bonchev–Trinajstić information content (AvgIpc) is 1.78. The zero-order valence-electron chi connectivity index (χ0n) is 6.22. The molecule has 1 aliphatic carbocycles. The summed E-state index contributed by atoms with van der Waals surface area (Å²) in [7, 11) is 0. The molecule has 1 saturated carbocycles. The van der Waals surface area contributed by atoms with Crippen molar-refractivity contribution in [3.05, 3.63) is 12.7 Å². The Bertz CT molecular complexity index is 157. The van der Waals surface area contributed by atoms with Crippen LogP contribution in [0.15, 0.2) is 12.7 Å². The summed E-state index contributed by atoms with van der Waals surface area (Å²) < 4.78 is 5.07. The van der Waals surface area contributed by atoms with Crippen LogP contribution in [0.2, 0.25) is 0 Å². The lowest BCUT2D eigenvalue weighted by Gasteiger charge is -2.37. The van der Waals surface area contributed by atoms with E-state index in [1.54, 1.807) is 6.08 Å². The molecule has 56 valence electrons. The summed E-state index contributed by atoms with van der Waals surface area (Å²) in [5.41, 5.74) is -0.300. The van der Waals surface area contributed by atoms with E-state index < -0.39 is 0 Å². The van der Waals surface area contributed by atoms with Gasteiger partial charge >= 0.3 is 5.97 Å². The van der Waals surface area contributed by atoms with Crippen LogP contribution in [0.3, 0.4) is 0 Å². The van der Waals surface area contributed by atoms with Gasteiger partial charge in [0, 0.05) is 6.92 Å². The maximum absolute atomic E-state index is 10.5. The zero-order chi connectivity index (χ0) is 7.61. The number of carbonyl (C=O) groups is 1. The lowest BCUT2D eigenvalue weighted by atomic mass is 9.80. The van der Waals surface area contributed by atoms with Gasteiger partial charge in [-0.3, -0.25) is 4.79 Å². The standard InChI is InChI=1S/C8H12O2/c1-3-8(5-4-6-8)10-7(2)9/h3H,1,4-6H2,2H3. The second-order valence-electron chi connectivity index (χ2n) is 2.72. The molecular weight excluding hydrogens is 128 g/mol. The maximum atomic E-state index is 10.5. The van der Waals surface area contributed by atoms with Crippen molar-refractivity contribution >= 4 is 5.97 Å². The predicted molar refractivity (Wildman–Crippen MR) is 38.5 cm³/mol. The number of esters is 1. The van der Waals surface area contributed by atoms with Gasteiger partial charge < -0.3 is 4.74 Å². The second kappa shape index (κ2) is 2.45. The third-order valence-corrected chi connectivity index (χ3v) is 1.92. The van der Waals surface area contributed by atoms with E-state index in [1.165, 1.54) is 6.92 Å². The molecule has 0 unspecified atom stereocenters. The van der Waals surface area contributed by atoms with E-state index in [4.69, 9.17) is 4.74 Å². The Kier molecular flexibility index (Phi) is 1.79. The molecule has 0 bridgehead atoms. The Balaban J connectivity index is 2.48. The van der Waals surface area contributed by atoms with Crippen LogP contribution in [0, 0.1) is 0 Å². The van der Waals surface area contributed by atoms with E-state index in [2.05, 4.69) is 6.58 Å². The van der Waals surface area contributed by atoms with Gasteiger partial charge in [0.15, 0.2) is 0 Å². The predicted octanol–water partition coefficient (Wildman–Crippen LogP) is 1.66. The van der Waals surface area contributed by atoms with Crippen molar-refractivity contribution in [2.24, 2.45) is 0 Å². The van der Waals surface area contributed by atoms with Crippen LogP contribution >= 0.6 is 0 Å². The lowest BCUT2D eigenvalue weighted by Crippen LogP contribution is -2.39. The van der Waals surface area contributed by atoms with E-state index in [0.717, 1.165) is 19.3 Å². The minimum atomic E-state index is -0.300. The van der Waals surface area contributed by atoms with Gasteiger partial charge in [0.2, 0.25) is 0 Å². The van der Waals surface area contributed by atoms with Gasteiger partial charge in [-0.2, -0.15) is 0 Å². The molecule has 2 nitrogen and oxygen atoms in total. The SMILES string of the molecule is C=CC1(OC(C)=O)CCC1. The number of hydrogen-bond donors (Lipinski definition) is 0. The molecule has 2 heteroatoms. The molecule has 0 amide bonds. The minimum absolute atomic E-state index is 0.209. The summed E-state index contributed by atoms with van der Waals surface area (Å²) in [6.07, 6.45) is 4.75. The molecule has 0 aromatic carbocycles. The van der Waals surface area contributed by atoms with Gasteiger partial charge in [0.05, 0.1) is 0 Å². The van der Waals surface area contributed by atoms with Gasteiger partial charge in [0.25, 0.3) is 0 Å². The van der Waals surface area contributed by atoms with Crippen LogP contribution in [0.1, 0.15) is 26.2 Å². The van der Waals surface area contributed by atoms with Gasteiger partial charge in [-0.25, -0.2) is 0 Å². The van der Waals surface area contributed by atoms with Crippen LogP contribution in [0.25, 0.3) is 0 Å². The Morgan fingerprint density at radius 3 is 2.40 bits per heavy atom. The lowest BCUT2D eigenvalue weighted by molar-refractivity contribution is -0.159. The molecule has 0 radical (unpaired) electrons. The largest absolute Gasteiger partial charge is 0.455 e. The summed E-state index contributed by atoms with van der Waals surface area (Å²) in [4.78, 5) is 10.5. The highest BCUT2D eigenvalue weighted by Crippen LogP contribution is 2.36. The highest BCUT2D eigenvalue weighted by molar-refractivity contribution is 5.67. The van der Waals surface area contributed by atoms with Crippen molar-refractivity contribution in [3.63, 3.8) is 0 Å². The van der Waals surface area contributed by atoms with E-state index in [1.807, 2.05) is 0 Å². The van der Waals surface area contributed by atoms with E-state index in [0.29, 0.717) is 0 Å². The minimum Gasteiger partial charge on any atom is -0.455 e. The fourth-order valence-corrected chi connectivity index (χ4v) is 1.16. The topological polar surface area (TPSA) is 26.3 Å². The number of ether oxygens (including phenoxy) is 1. The molecule has 0 aliphatic heterocycles. The highest BCUT2D eigenvalue weighted by Gasteiger charge is 2.36. The molecule has 0 aromatic heterocycles. The first-order chi connectivity index (χ1) is 4.68. The van der Waals surface area contributed by atoms with E-state index in [-0.39, 0.29) is 11.6 Å². The number of hydrogen-bond acceptors (Lipinski definition) is 2. The van der Waals surface area contributed by atoms with Crippen molar-refractivity contribution in [2.45, 2.75) is 31.8 Å². The third-order valence-electron chi connectivity index (χ3n) is 1.92. The Morgan fingerprint density at radius 1 is 1.70 bits per heavy atom. The van der Waals surface area contributed by atoms with Gasteiger partial charge in [0.1, 0.15) is 5.60 Å². The van der Waals surface area contributed by atoms with Crippen LogP contribution in [0.4, 0.5) is 0 Å². The normalized spacial score (nSPS) is 20.9. The summed E-state index contributed by atoms with van der Waals surface area (Å²) in [5.74, 6) is -0.209. The van der Waals surface area contributed by atoms with Crippen molar-refractivity contribution in [3.8, 4) is 0 Å². The molecule has 0 aromatic rings. The first kappa shape index (κ1) is 7.32. The highest BCUT2D eigenvalue weighted by atomic mass is 16.6. The monoisotopic (exact) mass is 140 g/mol. The molecule has 0 N–H and O–H groups in total. The van der Waals surface area contributed by atoms with Crippen LogP contribution in [-0.4, -0.2) is 11.6 Å². The van der Waals surface area contributed by atoms with Crippen molar-refractivity contribution in [1.82, 2.24) is 0 Å². The summed E-state index contributed by atoms with van der Waals surface area (Å²) in [5, 5.41) is 0. The van der Waals surface area contributed by atoms with E-state index in [9.17, 15) is 4.79 Å². The average molecular weight is 140 g/mol. The first-order valence-electron chi connectivity index (χ1n) is 3.52. The summed E-state index contributed by atoms with van der Waals surface area (Å²) in [6, 6.07) is 0. The van der Waals surface area contributed by atoms with Crippen molar-refractivity contribution in [1.29, 1.82) is 0 Å². The summed E-state index contributed by atoms with van der Waals surface area (Å²) in [6.45, 7) is 5.06. The van der Waals surface area contributed by atoms with Gasteiger partial charge in [-0.15, -0.1) is 0 Å². The molecule has 1 rings (SSSR count). The molecular formula is C8H12O2.